The Morgan fingerprint density at radius 3 is 1.96 bits per heavy atom. The highest BCUT2D eigenvalue weighted by atomic mass is 32.1. The van der Waals surface area contributed by atoms with Crippen molar-refractivity contribution >= 4 is 59.3 Å². The maximum absolute atomic E-state index is 2.40. The van der Waals surface area contributed by atoms with Crippen LogP contribution in [0.3, 0.4) is 0 Å². The predicted molar refractivity (Wildman–Crippen MR) is 195 cm³/mol. The van der Waals surface area contributed by atoms with Crippen LogP contribution in [0, 0.1) is 0 Å². The van der Waals surface area contributed by atoms with Crippen molar-refractivity contribution in [1.29, 1.82) is 0 Å². The number of benzene rings is 7. The van der Waals surface area contributed by atoms with Gasteiger partial charge in [-0.05, 0) is 80.6 Å². The molecular weight excluding hydrogens is 563 g/mol. The maximum Gasteiger partial charge on any atom is 0.0465 e. The van der Waals surface area contributed by atoms with Crippen molar-refractivity contribution in [1.82, 2.24) is 0 Å². The summed E-state index contributed by atoms with van der Waals surface area (Å²) in [7, 11) is 0. The van der Waals surface area contributed by atoms with Gasteiger partial charge in [-0.2, -0.15) is 0 Å². The molecular formula is C43H31NS. The Balaban J connectivity index is 1.16. The first-order chi connectivity index (χ1) is 22.1. The van der Waals surface area contributed by atoms with Crippen LogP contribution in [0.2, 0.25) is 0 Å². The van der Waals surface area contributed by atoms with Crippen molar-refractivity contribution < 1.29 is 0 Å². The Kier molecular flexibility index (Phi) is 5.78. The first kappa shape index (κ1) is 26.2. The second-order valence-electron chi connectivity index (χ2n) is 12.6. The highest BCUT2D eigenvalue weighted by molar-refractivity contribution is 7.27. The van der Waals surface area contributed by atoms with Crippen LogP contribution in [0.25, 0.3) is 53.2 Å². The fourth-order valence-electron chi connectivity index (χ4n) is 7.40. The van der Waals surface area contributed by atoms with E-state index in [2.05, 4.69) is 170 Å². The fraction of sp³-hybridized carbons (Fsp3) is 0.0698. The average Bonchev–Trinajstić information content (AvgIpc) is 3.59. The predicted octanol–water partition coefficient (Wildman–Crippen LogP) is 12.7. The van der Waals surface area contributed by atoms with Crippen molar-refractivity contribution in [2.45, 2.75) is 19.3 Å². The zero-order valence-electron chi connectivity index (χ0n) is 25.3. The van der Waals surface area contributed by atoms with Crippen molar-refractivity contribution in [3.05, 3.63) is 163 Å². The minimum Gasteiger partial charge on any atom is -0.310 e. The Hall–Kier alpha value is -5.18. The van der Waals surface area contributed by atoms with Crippen LogP contribution in [0.5, 0.6) is 0 Å². The van der Waals surface area contributed by atoms with E-state index in [9.17, 15) is 0 Å². The van der Waals surface area contributed by atoms with Gasteiger partial charge in [0.05, 0.1) is 0 Å². The molecule has 0 fully saturated rings. The average molecular weight is 594 g/mol. The van der Waals surface area contributed by atoms with Gasteiger partial charge in [0.15, 0.2) is 0 Å². The van der Waals surface area contributed by atoms with Gasteiger partial charge < -0.3 is 4.90 Å². The van der Waals surface area contributed by atoms with Crippen LogP contribution in [-0.2, 0) is 5.41 Å². The fourth-order valence-corrected chi connectivity index (χ4v) is 8.77. The minimum atomic E-state index is -0.0532. The Morgan fingerprint density at radius 2 is 1.09 bits per heavy atom. The number of anilines is 3. The summed E-state index contributed by atoms with van der Waals surface area (Å²) in [6, 6.07) is 55.7. The summed E-state index contributed by atoms with van der Waals surface area (Å²) in [6.07, 6.45) is 0. The van der Waals surface area contributed by atoms with E-state index in [-0.39, 0.29) is 5.41 Å². The molecule has 0 saturated heterocycles. The number of fused-ring (bicyclic) bond motifs is 8. The van der Waals surface area contributed by atoms with Gasteiger partial charge in [-0.1, -0.05) is 129 Å². The normalized spacial score (nSPS) is 13.3. The lowest BCUT2D eigenvalue weighted by atomic mass is 9.82. The highest BCUT2D eigenvalue weighted by Crippen LogP contribution is 2.51. The van der Waals surface area contributed by atoms with Gasteiger partial charge in [0.2, 0.25) is 0 Å². The van der Waals surface area contributed by atoms with Crippen LogP contribution in [0.4, 0.5) is 17.1 Å². The number of nitrogens with zero attached hydrogens (tertiary/aromatic N) is 1. The van der Waals surface area contributed by atoms with Crippen molar-refractivity contribution in [3.63, 3.8) is 0 Å². The second kappa shape index (κ2) is 9.92. The Labute approximate surface area is 267 Å². The van der Waals surface area contributed by atoms with Gasteiger partial charge in [0.25, 0.3) is 0 Å². The molecule has 1 nitrogen and oxygen atoms in total. The molecule has 0 aliphatic heterocycles. The summed E-state index contributed by atoms with van der Waals surface area (Å²) in [4.78, 5) is 2.38. The summed E-state index contributed by atoms with van der Waals surface area (Å²) in [5.41, 5.74) is 11.4. The van der Waals surface area contributed by atoms with E-state index in [1.807, 2.05) is 11.3 Å². The van der Waals surface area contributed by atoms with Crippen molar-refractivity contribution in [2.75, 3.05) is 4.90 Å². The third-order valence-corrected chi connectivity index (χ3v) is 11.0. The lowest BCUT2D eigenvalue weighted by Gasteiger charge is -2.28. The molecule has 0 spiro atoms. The number of rotatable bonds is 4. The van der Waals surface area contributed by atoms with Gasteiger partial charge in [0, 0.05) is 42.6 Å². The van der Waals surface area contributed by atoms with Gasteiger partial charge in [-0.15, -0.1) is 11.3 Å². The first-order valence-corrected chi connectivity index (χ1v) is 16.4. The third kappa shape index (κ3) is 3.99. The van der Waals surface area contributed by atoms with E-state index in [1.165, 1.54) is 70.0 Å². The summed E-state index contributed by atoms with van der Waals surface area (Å²) in [5.74, 6) is 0. The quantitative estimate of drug-likeness (QED) is 0.196. The molecule has 0 saturated carbocycles. The number of para-hydroxylation sites is 1. The van der Waals surface area contributed by atoms with Crippen LogP contribution in [0.15, 0.2) is 152 Å². The van der Waals surface area contributed by atoms with E-state index >= 15 is 0 Å². The maximum atomic E-state index is 2.40. The van der Waals surface area contributed by atoms with E-state index < -0.39 is 0 Å². The topological polar surface area (TPSA) is 3.24 Å². The van der Waals surface area contributed by atoms with E-state index in [4.69, 9.17) is 0 Å². The van der Waals surface area contributed by atoms with Crippen LogP contribution in [0.1, 0.15) is 25.0 Å². The van der Waals surface area contributed by atoms with Crippen LogP contribution in [-0.4, -0.2) is 0 Å². The number of thiophene rings is 1. The van der Waals surface area contributed by atoms with Gasteiger partial charge in [0.1, 0.15) is 0 Å². The molecule has 0 atom stereocenters. The molecule has 1 aliphatic rings. The standard InChI is InChI=1S/C43H31NS/c1-43(2)39-18-9-8-15-35(39)36-26-24-32(27-40(36)43)44(30-12-4-3-5-13-30)31-22-19-29(20-23-31)34-16-10-17-37-38-25-21-28-11-6-7-14-33(28)42(38)45-41(34)37/h3-27H,1-2H3. The molecule has 7 aromatic carbocycles. The summed E-state index contributed by atoms with van der Waals surface area (Å²) < 4.78 is 2.71. The van der Waals surface area contributed by atoms with E-state index in [1.54, 1.807) is 0 Å². The SMILES string of the molecule is CC1(C)c2ccccc2-c2ccc(N(c3ccccc3)c3ccc(-c4cccc5c4sc4c6ccccc6ccc54)cc3)cc21. The van der Waals surface area contributed by atoms with Crippen molar-refractivity contribution in [2.24, 2.45) is 0 Å². The zero-order chi connectivity index (χ0) is 30.1. The molecule has 45 heavy (non-hydrogen) atoms. The molecule has 0 radical (unpaired) electrons. The largest absolute Gasteiger partial charge is 0.310 e. The first-order valence-electron chi connectivity index (χ1n) is 15.6. The molecule has 8 aromatic rings. The third-order valence-electron chi connectivity index (χ3n) is 9.67. The Morgan fingerprint density at radius 1 is 0.444 bits per heavy atom. The molecule has 1 heterocycles. The molecule has 1 aromatic heterocycles. The summed E-state index contributed by atoms with van der Waals surface area (Å²) >= 11 is 1.91. The van der Waals surface area contributed by atoms with Gasteiger partial charge in [-0.25, -0.2) is 0 Å². The molecule has 214 valence electrons. The minimum absolute atomic E-state index is 0.0532. The van der Waals surface area contributed by atoms with Gasteiger partial charge in [-0.3, -0.25) is 0 Å². The van der Waals surface area contributed by atoms with Crippen molar-refractivity contribution in [3.8, 4) is 22.3 Å². The molecule has 0 amide bonds. The molecule has 1 aliphatic carbocycles. The monoisotopic (exact) mass is 593 g/mol. The molecule has 0 unspecified atom stereocenters. The number of hydrogen-bond donors (Lipinski definition) is 0. The zero-order valence-corrected chi connectivity index (χ0v) is 26.1. The van der Waals surface area contributed by atoms with Crippen LogP contribution < -0.4 is 4.90 Å². The molecule has 0 bridgehead atoms. The lowest BCUT2D eigenvalue weighted by molar-refractivity contribution is 0.660. The van der Waals surface area contributed by atoms with Gasteiger partial charge >= 0.3 is 0 Å². The summed E-state index contributed by atoms with van der Waals surface area (Å²) in [6.45, 7) is 4.70. The lowest BCUT2D eigenvalue weighted by Crippen LogP contribution is -2.16. The molecule has 2 heteroatoms. The number of hydrogen-bond acceptors (Lipinski definition) is 2. The highest BCUT2D eigenvalue weighted by Gasteiger charge is 2.35. The van der Waals surface area contributed by atoms with Crippen LogP contribution >= 0.6 is 11.3 Å². The second-order valence-corrected chi connectivity index (χ2v) is 13.6. The van der Waals surface area contributed by atoms with E-state index in [0.29, 0.717) is 0 Å². The Bertz CT molecular complexity index is 2400. The van der Waals surface area contributed by atoms with E-state index in [0.717, 1.165) is 11.4 Å². The molecule has 0 N–H and O–H groups in total. The summed E-state index contributed by atoms with van der Waals surface area (Å²) in [5, 5.41) is 5.29. The smallest absolute Gasteiger partial charge is 0.0465 e. The molecule has 9 rings (SSSR count).